The number of rotatable bonds is 3. The van der Waals surface area contributed by atoms with Crippen molar-refractivity contribution in [3.8, 4) is 0 Å². The molecule has 1 rings (SSSR count). The van der Waals surface area contributed by atoms with Crippen LogP contribution in [-0.4, -0.2) is 5.33 Å². The summed E-state index contributed by atoms with van der Waals surface area (Å²) in [6, 6.07) is 6.36. The van der Waals surface area contributed by atoms with Crippen LogP contribution in [-0.2, 0) is 0 Å². The molecule has 0 bridgehead atoms. The summed E-state index contributed by atoms with van der Waals surface area (Å²) < 4.78 is 1.16. The van der Waals surface area contributed by atoms with Gasteiger partial charge in [0.1, 0.15) is 0 Å². The lowest BCUT2D eigenvalue weighted by molar-refractivity contribution is 1.27. The Labute approximate surface area is 96.3 Å². The van der Waals surface area contributed by atoms with Crippen molar-refractivity contribution in [3.63, 3.8) is 0 Å². The van der Waals surface area contributed by atoms with Crippen molar-refractivity contribution in [2.75, 3.05) is 5.33 Å². The lowest BCUT2D eigenvalue weighted by Gasteiger charge is -1.99. The minimum Gasteiger partial charge on any atom is -0.0925 e. The summed E-state index contributed by atoms with van der Waals surface area (Å²) in [7, 11) is 0. The minimum absolute atomic E-state index is 1.02. The lowest BCUT2D eigenvalue weighted by atomic mass is 10.1. The van der Waals surface area contributed by atoms with Crippen LogP contribution in [0, 0.1) is 6.92 Å². The minimum atomic E-state index is 1.02. The molecule has 0 spiro atoms. The maximum Gasteiger partial charge on any atom is 0.0247 e. The number of halogens is 2. The van der Waals surface area contributed by atoms with Crippen LogP contribution in [0.5, 0.6) is 0 Å². The van der Waals surface area contributed by atoms with Gasteiger partial charge in [0, 0.05) is 9.80 Å². The van der Waals surface area contributed by atoms with Crippen LogP contribution < -0.4 is 0 Å². The van der Waals surface area contributed by atoms with Gasteiger partial charge in [-0.05, 0) is 25.0 Å². The van der Waals surface area contributed by atoms with E-state index in [1.54, 1.807) is 0 Å². The lowest BCUT2D eigenvalue weighted by Crippen LogP contribution is -1.78. The van der Waals surface area contributed by atoms with Crippen molar-refractivity contribution in [2.45, 2.75) is 13.3 Å². The van der Waals surface area contributed by atoms with Crippen LogP contribution in [0.2, 0.25) is 0 Å². The third-order valence-electron chi connectivity index (χ3n) is 1.72. The molecule has 0 aromatic heterocycles. The Kier molecular flexibility index (Phi) is 4.74. The Morgan fingerprint density at radius 3 is 2.85 bits per heavy atom. The zero-order valence-electron chi connectivity index (χ0n) is 7.56. The summed E-state index contributed by atoms with van der Waals surface area (Å²) in [5.41, 5.74) is 2.54. The molecule has 13 heavy (non-hydrogen) atoms. The van der Waals surface area contributed by atoms with Gasteiger partial charge >= 0.3 is 0 Å². The van der Waals surface area contributed by atoms with E-state index in [9.17, 15) is 0 Å². The second kappa shape index (κ2) is 5.61. The van der Waals surface area contributed by atoms with Crippen molar-refractivity contribution in [1.82, 2.24) is 0 Å². The average Bonchev–Trinajstić information content (AvgIpc) is 2.11. The van der Waals surface area contributed by atoms with Crippen molar-refractivity contribution in [2.24, 2.45) is 0 Å². The molecule has 0 unspecified atom stereocenters. The van der Waals surface area contributed by atoms with Gasteiger partial charge in [0.05, 0.1) is 0 Å². The van der Waals surface area contributed by atoms with Gasteiger partial charge in [0.2, 0.25) is 0 Å². The second-order valence-corrected chi connectivity index (χ2v) is 4.55. The number of hydrogen-bond acceptors (Lipinski definition) is 0. The molecule has 0 amide bonds. The largest absolute Gasteiger partial charge is 0.0925 e. The predicted molar refractivity (Wildman–Crippen MR) is 66.3 cm³/mol. The predicted octanol–water partition coefficient (Wildman–Crippen LogP) is 4.56. The molecular weight excluding hydrogens is 292 g/mol. The molecular formula is C11H12Br2. The standard InChI is InChI=1S/C11H12Br2/c1-9-5-6-11(13)10(8-9)4-2-3-7-12/h2,4-6,8H,3,7H2,1H3. The van der Waals surface area contributed by atoms with Gasteiger partial charge in [-0.1, -0.05) is 61.7 Å². The molecule has 0 fully saturated rings. The van der Waals surface area contributed by atoms with E-state index >= 15 is 0 Å². The Hall–Kier alpha value is -0.0800. The maximum atomic E-state index is 3.52. The summed E-state index contributed by atoms with van der Waals surface area (Å²) in [5.74, 6) is 0. The Morgan fingerprint density at radius 2 is 2.15 bits per heavy atom. The van der Waals surface area contributed by atoms with Crippen molar-refractivity contribution < 1.29 is 0 Å². The third kappa shape index (κ3) is 3.65. The molecule has 0 nitrogen and oxygen atoms in total. The van der Waals surface area contributed by atoms with Gasteiger partial charge in [-0.25, -0.2) is 0 Å². The van der Waals surface area contributed by atoms with Crippen LogP contribution in [0.4, 0.5) is 0 Å². The normalized spacial score (nSPS) is 11.0. The number of alkyl halides is 1. The zero-order chi connectivity index (χ0) is 9.68. The highest BCUT2D eigenvalue weighted by Crippen LogP contribution is 2.19. The highest BCUT2D eigenvalue weighted by molar-refractivity contribution is 9.10. The zero-order valence-corrected chi connectivity index (χ0v) is 10.7. The van der Waals surface area contributed by atoms with E-state index in [0.717, 1.165) is 16.2 Å². The molecule has 70 valence electrons. The highest BCUT2D eigenvalue weighted by Gasteiger charge is 1.94. The molecule has 0 aliphatic carbocycles. The number of aryl methyl sites for hydroxylation is 1. The fraction of sp³-hybridized carbons (Fsp3) is 0.273. The van der Waals surface area contributed by atoms with Crippen LogP contribution in [0.15, 0.2) is 28.7 Å². The van der Waals surface area contributed by atoms with Crippen molar-refractivity contribution >= 4 is 37.9 Å². The SMILES string of the molecule is Cc1ccc(Br)c(C=CCCBr)c1. The van der Waals surface area contributed by atoms with E-state index in [2.05, 4.69) is 69.1 Å². The van der Waals surface area contributed by atoms with Gasteiger partial charge in [-0.3, -0.25) is 0 Å². The maximum absolute atomic E-state index is 3.52. The first-order valence-electron chi connectivity index (χ1n) is 4.22. The average molecular weight is 304 g/mol. The second-order valence-electron chi connectivity index (χ2n) is 2.90. The first kappa shape index (κ1) is 11.0. The van der Waals surface area contributed by atoms with Crippen LogP contribution in [0.3, 0.4) is 0 Å². The van der Waals surface area contributed by atoms with E-state index in [-0.39, 0.29) is 0 Å². The Bertz CT molecular complexity index is 303. The van der Waals surface area contributed by atoms with E-state index < -0.39 is 0 Å². The van der Waals surface area contributed by atoms with Crippen LogP contribution in [0.1, 0.15) is 17.5 Å². The molecule has 1 aromatic carbocycles. The summed E-state index contributed by atoms with van der Waals surface area (Å²) >= 11 is 6.91. The molecule has 0 heterocycles. The number of hydrogen-bond donors (Lipinski definition) is 0. The number of allylic oxidation sites excluding steroid dienone is 1. The van der Waals surface area contributed by atoms with Crippen LogP contribution in [0.25, 0.3) is 6.08 Å². The molecule has 0 atom stereocenters. The summed E-state index contributed by atoms with van der Waals surface area (Å²) in [5, 5.41) is 1.02. The van der Waals surface area contributed by atoms with Crippen molar-refractivity contribution in [1.29, 1.82) is 0 Å². The third-order valence-corrected chi connectivity index (χ3v) is 2.90. The molecule has 0 aliphatic rings. The molecule has 0 aliphatic heterocycles. The molecule has 0 radical (unpaired) electrons. The van der Waals surface area contributed by atoms with Crippen LogP contribution >= 0.6 is 31.9 Å². The quantitative estimate of drug-likeness (QED) is 0.718. The van der Waals surface area contributed by atoms with Gasteiger partial charge in [0.15, 0.2) is 0 Å². The highest BCUT2D eigenvalue weighted by atomic mass is 79.9. The summed E-state index contributed by atoms with van der Waals surface area (Å²) in [6.45, 7) is 2.11. The Morgan fingerprint density at radius 1 is 1.38 bits per heavy atom. The van der Waals surface area contributed by atoms with E-state index in [1.165, 1.54) is 11.1 Å². The van der Waals surface area contributed by atoms with Crippen molar-refractivity contribution in [3.05, 3.63) is 39.9 Å². The van der Waals surface area contributed by atoms with Gasteiger partial charge in [-0.15, -0.1) is 0 Å². The van der Waals surface area contributed by atoms with E-state index in [0.29, 0.717) is 0 Å². The first-order chi connectivity index (χ1) is 6.24. The molecule has 0 saturated carbocycles. The topological polar surface area (TPSA) is 0 Å². The monoisotopic (exact) mass is 302 g/mol. The van der Waals surface area contributed by atoms with E-state index in [1.807, 2.05) is 0 Å². The fourth-order valence-electron chi connectivity index (χ4n) is 1.06. The molecule has 0 N–H and O–H groups in total. The van der Waals surface area contributed by atoms with E-state index in [4.69, 9.17) is 0 Å². The molecule has 2 heteroatoms. The van der Waals surface area contributed by atoms with Gasteiger partial charge in [-0.2, -0.15) is 0 Å². The summed E-state index contributed by atoms with van der Waals surface area (Å²) in [4.78, 5) is 0. The molecule has 0 saturated heterocycles. The molecule has 1 aromatic rings. The summed E-state index contributed by atoms with van der Waals surface area (Å²) in [6.07, 6.45) is 5.40. The fourth-order valence-corrected chi connectivity index (χ4v) is 1.71. The van der Waals surface area contributed by atoms with Gasteiger partial charge in [0.25, 0.3) is 0 Å². The first-order valence-corrected chi connectivity index (χ1v) is 6.14. The van der Waals surface area contributed by atoms with Gasteiger partial charge < -0.3 is 0 Å². The Balaban J connectivity index is 2.81. The number of benzene rings is 1. The smallest absolute Gasteiger partial charge is 0.0247 e.